The lowest BCUT2D eigenvalue weighted by molar-refractivity contribution is -0.117. The van der Waals surface area contributed by atoms with E-state index in [1.807, 2.05) is 78.9 Å². The Bertz CT molecular complexity index is 699. The molecule has 0 heterocycles. The van der Waals surface area contributed by atoms with Crippen LogP contribution in [0.2, 0.25) is 0 Å². The number of hydrogen-bond acceptors (Lipinski definition) is 1. The van der Waals surface area contributed by atoms with Gasteiger partial charge in [0.1, 0.15) is 0 Å². The Kier molecular flexibility index (Phi) is 4.85. The Labute approximate surface area is 137 Å². The van der Waals surface area contributed by atoms with Crippen LogP contribution in [0, 0.1) is 0 Å². The number of anilines is 2. The molecule has 0 unspecified atom stereocenters. The van der Waals surface area contributed by atoms with Crippen molar-refractivity contribution in [2.45, 2.75) is 12.8 Å². The van der Waals surface area contributed by atoms with Crippen molar-refractivity contribution in [3.8, 4) is 0 Å². The Balaban J connectivity index is 1.82. The highest BCUT2D eigenvalue weighted by molar-refractivity contribution is 6.00. The predicted molar refractivity (Wildman–Crippen MR) is 94.8 cm³/mol. The molecule has 0 bridgehead atoms. The van der Waals surface area contributed by atoms with E-state index >= 15 is 0 Å². The van der Waals surface area contributed by atoms with Gasteiger partial charge in [0, 0.05) is 17.8 Å². The third-order valence-corrected chi connectivity index (χ3v) is 3.75. The summed E-state index contributed by atoms with van der Waals surface area (Å²) in [4.78, 5) is 14.6. The molecule has 0 aliphatic rings. The Morgan fingerprint density at radius 3 is 1.57 bits per heavy atom. The van der Waals surface area contributed by atoms with Gasteiger partial charge in [0.2, 0.25) is 5.91 Å². The minimum atomic E-state index is 0.103. The van der Waals surface area contributed by atoms with Crippen LogP contribution in [0.1, 0.15) is 12.0 Å². The third kappa shape index (κ3) is 3.86. The predicted octanol–water partition coefficient (Wildman–Crippen LogP) is 4.98. The fourth-order valence-electron chi connectivity index (χ4n) is 2.60. The van der Waals surface area contributed by atoms with Gasteiger partial charge in [-0.2, -0.15) is 0 Å². The molecule has 0 N–H and O–H groups in total. The fraction of sp³-hybridized carbons (Fsp3) is 0.0952. The monoisotopic (exact) mass is 301 g/mol. The van der Waals surface area contributed by atoms with Crippen molar-refractivity contribution in [2.24, 2.45) is 0 Å². The van der Waals surface area contributed by atoms with Crippen LogP contribution in [0.15, 0.2) is 91.0 Å². The largest absolute Gasteiger partial charge is 0.281 e. The van der Waals surface area contributed by atoms with Gasteiger partial charge >= 0.3 is 0 Å². The first kappa shape index (κ1) is 15.0. The van der Waals surface area contributed by atoms with E-state index in [4.69, 9.17) is 0 Å². The van der Waals surface area contributed by atoms with E-state index in [0.717, 1.165) is 17.8 Å². The van der Waals surface area contributed by atoms with Crippen LogP contribution in [0.3, 0.4) is 0 Å². The molecule has 0 aliphatic heterocycles. The maximum atomic E-state index is 12.8. The normalized spacial score (nSPS) is 10.3. The van der Waals surface area contributed by atoms with Gasteiger partial charge in [0.25, 0.3) is 0 Å². The fourth-order valence-corrected chi connectivity index (χ4v) is 2.60. The molecule has 0 radical (unpaired) electrons. The van der Waals surface area contributed by atoms with Crippen LogP contribution in [0.5, 0.6) is 0 Å². The number of aryl methyl sites for hydroxylation is 1. The first-order valence-corrected chi connectivity index (χ1v) is 7.81. The van der Waals surface area contributed by atoms with Crippen molar-refractivity contribution in [3.63, 3.8) is 0 Å². The topological polar surface area (TPSA) is 20.3 Å². The van der Waals surface area contributed by atoms with E-state index in [1.54, 1.807) is 4.90 Å². The number of rotatable bonds is 5. The summed E-state index contributed by atoms with van der Waals surface area (Å²) < 4.78 is 0. The van der Waals surface area contributed by atoms with E-state index < -0.39 is 0 Å². The highest BCUT2D eigenvalue weighted by atomic mass is 16.2. The molecular formula is C21H19NO. The summed E-state index contributed by atoms with van der Waals surface area (Å²) >= 11 is 0. The van der Waals surface area contributed by atoms with Crippen LogP contribution >= 0.6 is 0 Å². The minimum absolute atomic E-state index is 0.103. The molecule has 0 aliphatic carbocycles. The first-order valence-electron chi connectivity index (χ1n) is 7.81. The summed E-state index contributed by atoms with van der Waals surface area (Å²) in [7, 11) is 0. The van der Waals surface area contributed by atoms with Gasteiger partial charge in [-0.25, -0.2) is 0 Å². The molecule has 3 aromatic rings. The molecule has 3 rings (SSSR count). The molecule has 0 atom stereocenters. The molecule has 1 amide bonds. The van der Waals surface area contributed by atoms with Crippen molar-refractivity contribution in [2.75, 3.05) is 4.90 Å². The molecule has 0 saturated carbocycles. The molecule has 3 aromatic carbocycles. The number of carbonyl (C=O) groups is 1. The number of benzene rings is 3. The second-order valence-corrected chi connectivity index (χ2v) is 5.39. The number of amides is 1. The molecule has 0 fully saturated rings. The Morgan fingerprint density at radius 1 is 0.652 bits per heavy atom. The standard InChI is InChI=1S/C21H19NO/c23-21(17-16-18-10-4-1-5-11-18)22(19-12-6-2-7-13-19)20-14-8-3-9-15-20/h1-15H,16-17H2. The summed E-state index contributed by atoms with van der Waals surface area (Å²) in [6.45, 7) is 0. The smallest absolute Gasteiger partial charge is 0.231 e. The van der Waals surface area contributed by atoms with Gasteiger partial charge in [0.15, 0.2) is 0 Å². The summed E-state index contributed by atoms with van der Waals surface area (Å²) in [6, 6.07) is 29.7. The van der Waals surface area contributed by atoms with Crippen LogP contribution in [0.4, 0.5) is 11.4 Å². The molecule has 114 valence electrons. The number of hydrogen-bond donors (Lipinski definition) is 0. The molecular weight excluding hydrogens is 282 g/mol. The van der Waals surface area contributed by atoms with Crippen LogP contribution in [-0.4, -0.2) is 5.91 Å². The molecule has 2 heteroatoms. The van der Waals surface area contributed by atoms with Crippen molar-refractivity contribution < 1.29 is 4.79 Å². The van der Waals surface area contributed by atoms with Crippen molar-refractivity contribution in [3.05, 3.63) is 96.6 Å². The number of carbonyl (C=O) groups excluding carboxylic acids is 1. The minimum Gasteiger partial charge on any atom is -0.281 e. The molecule has 0 saturated heterocycles. The summed E-state index contributed by atoms with van der Waals surface area (Å²) in [5, 5.41) is 0. The highest BCUT2D eigenvalue weighted by Crippen LogP contribution is 2.26. The van der Waals surface area contributed by atoms with E-state index in [9.17, 15) is 4.79 Å². The lowest BCUT2D eigenvalue weighted by atomic mass is 10.1. The number of nitrogens with zero attached hydrogens (tertiary/aromatic N) is 1. The first-order chi connectivity index (χ1) is 11.3. The zero-order chi connectivity index (χ0) is 15.9. The average molecular weight is 301 g/mol. The maximum absolute atomic E-state index is 12.8. The van der Waals surface area contributed by atoms with Gasteiger partial charge in [-0.15, -0.1) is 0 Å². The molecule has 23 heavy (non-hydrogen) atoms. The molecule has 0 spiro atoms. The Morgan fingerprint density at radius 2 is 1.09 bits per heavy atom. The summed E-state index contributed by atoms with van der Waals surface area (Å²) in [6.07, 6.45) is 1.23. The van der Waals surface area contributed by atoms with E-state index in [-0.39, 0.29) is 5.91 Å². The van der Waals surface area contributed by atoms with Gasteiger partial charge in [-0.05, 0) is 36.2 Å². The van der Waals surface area contributed by atoms with Crippen LogP contribution < -0.4 is 4.90 Å². The average Bonchev–Trinajstić information content (AvgIpc) is 2.63. The van der Waals surface area contributed by atoms with E-state index in [1.165, 1.54) is 5.56 Å². The second-order valence-electron chi connectivity index (χ2n) is 5.39. The number of para-hydroxylation sites is 2. The van der Waals surface area contributed by atoms with Gasteiger partial charge in [-0.1, -0.05) is 66.7 Å². The van der Waals surface area contributed by atoms with Gasteiger partial charge in [-0.3, -0.25) is 9.69 Å². The van der Waals surface area contributed by atoms with Crippen molar-refractivity contribution >= 4 is 17.3 Å². The van der Waals surface area contributed by atoms with Gasteiger partial charge < -0.3 is 0 Å². The SMILES string of the molecule is O=C(CCc1ccccc1)N(c1ccccc1)c1ccccc1. The summed E-state index contributed by atoms with van der Waals surface area (Å²) in [5.41, 5.74) is 2.98. The third-order valence-electron chi connectivity index (χ3n) is 3.75. The quantitative estimate of drug-likeness (QED) is 0.650. The zero-order valence-electron chi connectivity index (χ0n) is 12.9. The maximum Gasteiger partial charge on any atom is 0.231 e. The molecule has 0 aromatic heterocycles. The van der Waals surface area contributed by atoms with Crippen LogP contribution in [0.25, 0.3) is 0 Å². The van der Waals surface area contributed by atoms with E-state index in [2.05, 4.69) is 12.1 Å². The van der Waals surface area contributed by atoms with E-state index in [0.29, 0.717) is 6.42 Å². The lowest BCUT2D eigenvalue weighted by Gasteiger charge is -2.23. The highest BCUT2D eigenvalue weighted by Gasteiger charge is 2.17. The lowest BCUT2D eigenvalue weighted by Crippen LogP contribution is -2.26. The van der Waals surface area contributed by atoms with Crippen molar-refractivity contribution in [1.82, 2.24) is 0 Å². The second kappa shape index (κ2) is 7.41. The van der Waals surface area contributed by atoms with Crippen molar-refractivity contribution in [1.29, 1.82) is 0 Å². The van der Waals surface area contributed by atoms with Crippen LogP contribution in [-0.2, 0) is 11.2 Å². The van der Waals surface area contributed by atoms with Gasteiger partial charge in [0.05, 0.1) is 0 Å². The zero-order valence-corrected chi connectivity index (χ0v) is 12.9. The summed E-state index contributed by atoms with van der Waals surface area (Å²) in [5.74, 6) is 0.103. The Hall–Kier alpha value is -2.87. The molecule has 2 nitrogen and oxygen atoms in total.